The number of carbonyl (C=O) groups is 1. The van der Waals surface area contributed by atoms with Gasteiger partial charge in [-0.2, -0.15) is 0 Å². The molecule has 4 nitrogen and oxygen atoms in total. The Kier molecular flexibility index (Phi) is 4.74. The number of rotatable bonds is 5. The fourth-order valence-corrected chi connectivity index (χ4v) is 2.13. The monoisotopic (exact) mass is 229 g/mol. The summed E-state index contributed by atoms with van der Waals surface area (Å²) in [7, 11) is 0. The van der Waals surface area contributed by atoms with E-state index in [9.17, 15) is 9.90 Å². The molecule has 0 aromatic heterocycles. The lowest BCUT2D eigenvalue weighted by molar-refractivity contribution is -0.150. The molecule has 0 atom stereocenters. The van der Waals surface area contributed by atoms with Crippen molar-refractivity contribution in [2.75, 3.05) is 26.3 Å². The van der Waals surface area contributed by atoms with Gasteiger partial charge in [0.05, 0.1) is 0 Å². The lowest BCUT2D eigenvalue weighted by atomic mass is 9.95. The predicted octanol–water partition coefficient (Wildman–Crippen LogP) is 1.60. The maximum atomic E-state index is 11.2. The topological polar surface area (TPSA) is 49.8 Å². The molecule has 0 bridgehead atoms. The Labute approximate surface area is 97.6 Å². The molecule has 0 amide bonds. The van der Waals surface area contributed by atoms with E-state index in [1.807, 2.05) is 11.8 Å². The second-order valence-electron chi connectivity index (χ2n) is 4.96. The van der Waals surface area contributed by atoms with Gasteiger partial charge in [0, 0.05) is 19.8 Å². The first-order valence-corrected chi connectivity index (χ1v) is 6.04. The van der Waals surface area contributed by atoms with Crippen LogP contribution >= 0.6 is 0 Å². The third-order valence-corrected chi connectivity index (χ3v) is 3.52. The fraction of sp³-hybridized carbons (Fsp3) is 0.917. The molecule has 0 aromatic rings. The van der Waals surface area contributed by atoms with E-state index in [0.717, 1.165) is 39.1 Å². The van der Waals surface area contributed by atoms with Crippen molar-refractivity contribution in [2.45, 2.75) is 39.2 Å². The van der Waals surface area contributed by atoms with Crippen LogP contribution in [0.2, 0.25) is 0 Å². The number of hydrogen-bond acceptors (Lipinski definition) is 3. The number of aliphatic carboxylic acids is 1. The normalized spacial score (nSPS) is 19.0. The summed E-state index contributed by atoms with van der Waals surface area (Å²) in [5.74, 6) is -0.172. The minimum atomic E-state index is -0.771. The van der Waals surface area contributed by atoms with E-state index in [2.05, 4.69) is 0 Å². The van der Waals surface area contributed by atoms with Crippen molar-refractivity contribution in [3.8, 4) is 0 Å². The summed E-state index contributed by atoms with van der Waals surface area (Å²) >= 11 is 0. The van der Waals surface area contributed by atoms with Crippen LogP contribution in [0.25, 0.3) is 0 Å². The van der Waals surface area contributed by atoms with Crippen molar-refractivity contribution in [2.24, 2.45) is 5.92 Å². The Balaban J connectivity index is 2.56. The van der Waals surface area contributed by atoms with Crippen molar-refractivity contribution in [1.29, 1.82) is 0 Å². The highest BCUT2D eigenvalue weighted by Gasteiger charge is 2.34. The first-order chi connectivity index (χ1) is 7.48. The second kappa shape index (κ2) is 5.64. The molecular weight excluding hydrogens is 206 g/mol. The standard InChI is InChI=1S/C12H23NO3/c1-4-13(12(2,3)11(14)15)9-10-5-7-16-8-6-10/h10H,4-9H2,1-3H3,(H,14,15). The Morgan fingerprint density at radius 3 is 2.44 bits per heavy atom. The zero-order chi connectivity index (χ0) is 12.2. The van der Waals surface area contributed by atoms with E-state index >= 15 is 0 Å². The van der Waals surface area contributed by atoms with Gasteiger partial charge < -0.3 is 9.84 Å². The second-order valence-corrected chi connectivity index (χ2v) is 4.96. The largest absolute Gasteiger partial charge is 0.480 e. The summed E-state index contributed by atoms with van der Waals surface area (Å²) in [4.78, 5) is 13.2. The molecule has 1 rings (SSSR count). The Bertz CT molecular complexity index is 234. The van der Waals surface area contributed by atoms with Crippen LogP contribution in [0.4, 0.5) is 0 Å². The van der Waals surface area contributed by atoms with Crippen molar-refractivity contribution in [1.82, 2.24) is 4.90 Å². The maximum absolute atomic E-state index is 11.2. The predicted molar refractivity (Wildman–Crippen MR) is 62.5 cm³/mol. The van der Waals surface area contributed by atoms with E-state index in [1.54, 1.807) is 13.8 Å². The molecule has 4 heteroatoms. The number of carboxylic acids is 1. The number of likely N-dealkylation sites (N-methyl/N-ethyl adjacent to an activating group) is 1. The highest BCUT2D eigenvalue weighted by molar-refractivity contribution is 5.77. The number of carboxylic acid groups (broad SMARTS) is 1. The van der Waals surface area contributed by atoms with Gasteiger partial charge in [0.25, 0.3) is 0 Å². The lowest BCUT2D eigenvalue weighted by Crippen LogP contribution is -2.52. The summed E-state index contributed by atoms with van der Waals surface area (Å²) in [6.45, 7) is 8.83. The molecule has 0 unspecified atom stereocenters. The van der Waals surface area contributed by atoms with Gasteiger partial charge in [0.15, 0.2) is 0 Å². The number of nitrogens with zero attached hydrogens (tertiary/aromatic N) is 1. The Morgan fingerprint density at radius 2 is 2.00 bits per heavy atom. The van der Waals surface area contributed by atoms with Crippen LogP contribution in [0.1, 0.15) is 33.6 Å². The van der Waals surface area contributed by atoms with Crippen molar-refractivity contribution >= 4 is 5.97 Å². The third-order valence-electron chi connectivity index (χ3n) is 3.52. The Hall–Kier alpha value is -0.610. The van der Waals surface area contributed by atoms with Crippen LogP contribution in [0.5, 0.6) is 0 Å². The molecule has 0 spiro atoms. The Morgan fingerprint density at radius 1 is 1.44 bits per heavy atom. The molecule has 16 heavy (non-hydrogen) atoms. The first-order valence-electron chi connectivity index (χ1n) is 6.04. The molecule has 1 heterocycles. The molecule has 1 fully saturated rings. The highest BCUT2D eigenvalue weighted by atomic mass is 16.5. The molecule has 94 valence electrons. The van der Waals surface area contributed by atoms with Crippen LogP contribution in [0.15, 0.2) is 0 Å². The van der Waals surface area contributed by atoms with Gasteiger partial charge >= 0.3 is 5.97 Å². The molecule has 0 radical (unpaired) electrons. The molecule has 1 aliphatic heterocycles. The molecule has 1 saturated heterocycles. The lowest BCUT2D eigenvalue weighted by Gasteiger charge is -2.37. The van der Waals surface area contributed by atoms with Crippen LogP contribution < -0.4 is 0 Å². The van der Waals surface area contributed by atoms with Crippen molar-refractivity contribution < 1.29 is 14.6 Å². The van der Waals surface area contributed by atoms with Crippen LogP contribution in [0, 0.1) is 5.92 Å². The van der Waals surface area contributed by atoms with Crippen molar-refractivity contribution in [3.05, 3.63) is 0 Å². The minimum Gasteiger partial charge on any atom is -0.480 e. The molecule has 1 N–H and O–H groups in total. The summed E-state index contributed by atoms with van der Waals surface area (Å²) in [6.07, 6.45) is 2.10. The summed E-state index contributed by atoms with van der Waals surface area (Å²) in [5, 5.41) is 9.21. The quantitative estimate of drug-likeness (QED) is 0.778. The van der Waals surface area contributed by atoms with E-state index < -0.39 is 11.5 Å². The zero-order valence-electron chi connectivity index (χ0n) is 10.5. The van der Waals surface area contributed by atoms with Crippen LogP contribution in [-0.2, 0) is 9.53 Å². The first kappa shape index (κ1) is 13.5. The van der Waals surface area contributed by atoms with Gasteiger partial charge in [-0.15, -0.1) is 0 Å². The van der Waals surface area contributed by atoms with E-state index in [4.69, 9.17) is 4.74 Å². The van der Waals surface area contributed by atoms with Gasteiger partial charge in [-0.1, -0.05) is 6.92 Å². The van der Waals surface area contributed by atoms with Gasteiger partial charge in [-0.25, -0.2) is 0 Å². The van der Waals surface area contributed by atoms with Crippen molar-refractivity contribution in [3.63, 3.8) is 0 Å². The van der Waals surface area contributed by atoms with Gasteiger partial charge in [-0.05, 0) is 39.2 Å². The zero-order valence-corrected chi connectivity index (χ0v) is 10.5. The average Bonchev–Trinajstić information content (AvgIpc) is 2.26. The molecule has 0 aliphatic carbocycles. The van der Waals surface area contributed by atoms with E-state index in [1.165, 1.54) is 0 Å². The van der Waals surface area contributed by atoms with Gasteiger partial charge in [-0.3, -0.25) is 9.69 Å². The fourth-order valence-electron chi connectivity index (χ4n) is 2.13. The molecule has 0 saturated carbocycles. The SMILES string of the molecule is CCN(CC1CCOCC1)C(C)(C)C(=O)O. The summed E-state index contributed by atoms with van der Waals surface area (Å²) in [5.41, 5.74) is -0.771. The smallest absolute Gasteiger partial charge is 0.323 e. The molecular formula is C12H23NO3. The minimum absolute atomic E-state index is 0.576. The van der Waals surface area contributed by atoms with Gasteiger partial charge in [0.2, 0.25) is 0 Å². The highest BCUT2D eigenvalue weighted by Crippen LogP contribution is 2.21. The van der Waals surface area contributed by atoms with E-state index in [0.29, 0.717) is 5.92 Å². The number of hydrogen-bond donors (Lipinski definition) is 1. The third kappa shape index (κ3) is 3.19. The average molecular weight is 229 g/mol. The summed E-state index contributed by atoms with van der Waals surface area (Å²) in [6, 6.07) is 0. The van der Waals surface area contributed by atoms with Gasteiger partial charge in [0.1, 0.15) is 5.54 Å². The maximum Gasteiger partial charge on any atom is 0.323 e. The molecule has 0 aromatic carbocycles. The number of ether oxygens (including phenoxy) is 1. The van der Waals surface area contributed by atoms with E-state index in [-0.39, 0.29) is 0 Å². The molecule has 1 aliphatic rings. The summed E-state index contributed by atoms with van der Waals surface area (Å²) < 4.78 is 5.31. The van der Waals surface area contributed by atoms with Crippen LogP contribution in [0.3, 0.4) is 0 Å². The van der Waals surface area contributed by atoms with Crippen LogP contribution in [-0.4, -0.2) is 47.8 Å².